The maximum Gasteiger partial charge on any atom is 0.317 e. The van der Waals surface area contributed by atoms with Crippen molar-refractivity contribution < 1.29 is 9.59 Å². The molecule has 0 spiro atoms. The second-order valence-electron chi connectivity index (χ2n) is 8.46. The molecule has 1 atom stereocenters. The minimum absolute atomic E-state index is 0.0215. The maximum absolute atomic E-state index is 12.4. The van der Waals surface area contributed by atoms with Crippen LogP contribution in [0.4, 0.5) is 10.6 Å². The number of aromatic nitrogens is 2. The van der Waals surface area contributed by atoms with Gasteiger partial charge in [0.15, 0.2) is 5.16 Å². The molecule has 0 radical (unpaired) electrons. The van der Waals surface area contributed by atoms with Crippen molar-refractivity contribution in [2.24, 2.45) is 0 Å². The molecule has 3 amide bonds. The first-order valence-electron chi connectivity index (χ1n) is 12.3. The predicted molar refractivity (Wildman–Crippen MR) is 140 cm³/mol. The number of piperazine rings is 1. The Bertz CT molecular complexity index is 774. The fraction of sp³-hybridized carbons (Fsp3) is 0.739. The lowest BCUT2D eigenvalue weighted by Crippen LogP contribution is -2.52. The van der Waals surface area contributed by atoms with E-state index in [4.69, 9.17) is 11.6 Å². The Morgan fingerprint density at radius 1 is 1.18 bits per heavy atom. The van der Waals surface area contributed by atoms with Crippen molar-refractivity contribution in [3.63, 3.8) is 0 Å². The van der Waals surface area contributed by atoms with Crippen LogP contribution in [0.1, 0.15) is 47.0 Å². The van der Waals surface area contributed by atoms with Gasteiger partial charge in [0.2, 0.25) is 5.91 Å². The molecule has 1 saturated heterocycles. The van der Waals surface area contributed by atoms with Crippen LogP contribution in [0.5, 0.6) is 0 Å². The molecule has 9 nitrogen and oxygen atoms in total. The third kappa shape index (κ3) is 9.84. The number of nitrogens with one attached hydrogen (secondary N) is 2. The van der Waals surface area contributed by atoms with Gasteiger partial charge in [0.1, 0.15) is 11.0 Å². The number of urea groups is 1. The lowest BCUT2D eigenvalue weighted by atomic mass is 10.2. The van der Waals surface area contributed by atoms with Crippen LogP contribution >= 0.6 is 23.4 Å². The molecule has 1 aliphatic rings. The Hall–Kier alpha value is -1.78. The van der Waals surface area contributed by atoms with Gasteiger partial charge >= 0.3 is 6.03 Å². The molecule has 11 heteroatoms. The minimum atomic E-state index is -0.0304. The number of amides is 3. The van der Waals surface area contributed by atoms with E-state index in [9.17, 15) is 9.59 Å². The molecule has 1 fully saturated rings. The van der Waals surface area contributed by atoms with E-state index in [2.05, 4.69) is 44.2 Å². The third-order valence-corrected chi connectivity index (χ3v) is 6.86. The standard InChI is InChI=1S/C23H40ClN7O2S/c1-5-10-25-23(33)31-14-12-30(13-15-31)20-16-19(24)27-22(28-20)34-17-21(32)26-18(4)9-8-11-29(6-2)7-3/h16,18H,5-15,17H2,1-4H3,(H,25,33)(H,26,32). The Morgan fingerprint density at radius 2 is 1.88 bits per heavy atom. The van der Waals surface area contributed by atoms with Crippen molar-refractivity contribution in [3.05, 3.63) is 11.2 Å². The molecule has 2 N–H and O–H groups in total. The van der Waals surface area contributed by atoms with Gasteiger partial charge < -0.3 is 25.3 Å². The van der Waals surface area contributed by atoms with Crippen LogP contribution in [0.15, 0.2) is 11.2 Å². The van der Waals surface area contributed by atoms with Gasteiger partial charge in [0.05, 0.1) is 5.75 Å². The number of thioether (sulfide) groups is 1. The summed E-state index contributed by atoms with van der Waals surface area (Å²) < 4.78 is 0. The Kier molecular flexibility index (Phi) is 12.8. The number of rotatable bonds is 13. The first kappa shape index (κ1) is 28.5. The summed E-state index contributed by atoms with van der Waals surface area (Å²) in [6.07, 6.45) is 2.93. The van der Waals surface area contributed by atoms with Crippen molar-refractivity contribution in [1.82, 2.24) is 30.4 Å². The fourth-order valence-corrected chi connectivity index (χ4v) is 4.67. The summed E-state index contributed by atoms with van der Waals surface area (Å²) in [4.78, 5) is 39.7. The van der Waals surface area contributed by atoms with Gasteiger partial charge in [-0.05, 0) is 45.8 Å². The molecule has 1 aliphatic heterocycles. The second-order valence-corrected chi connectivity index (χ2v) is 9.79. The molecule has 1 aromatic heterocycles. The molecule has 1 unspecified atom stereocenters. The molecule has 192 valence electrons. The number of hydrogen-bond acceptors (Lipinski definition) is 7. The highest BCUT2D eigenvalue weighted by molar-refractivity contribution is 7.99. The van der Waals surface area contributed by atoms with E-state index in [0.29, 0.717) is 43.0 Å². The lowest BCUT2D eigenvalue weighted by Gasteiger charge is -2.35. The number of hydrogen-bond donors (Lipinski definition) is 2. The van der Waals surface area contributed by atoms with Crippen molar-refractivity contribution >= 4 is 41.1 Å². The van der Waals surface area contributed by atoms with Crippen molar-refractivity contribution in [2.45, 2.75) is 58.2 Å². The molecule has 34 heavy (non-hydrogen) atoms. The van der Waals surface area contributed by atoms with E-state index >= 15 is 0 Å². The Labute approximate surface area is 213 Å². The topological polar surface area (TPSA) is 93.7 Å². The van der Waals surface area contributed by atoms with E-state index in [1.54, 1.807) is 6.07 Å². The van der Waals surface area contributed by atoms with Gasteiger partial charge in [-0.25, -0.2) is 14.8 Å². The first-order chi connectivity index (χ1) is 16.4. The number of nitrogens with zero attached hydrogens (tertiary/aromatic N) is 5. The molecule has 0 aromatic carbocycles. The van der Waals surface area contributed by atoms with E-state index in [1.807, 2.05) is 18.7 Å². The zero-order valence-corrected chi connectivity index (χ0v) is 22.6. The molecule has 0 aliphatic carbocycles. The molecular formula is C23H40ClN7O2S. The van der Waals surface area contributed by atoms with Crippen LogP contribution in [-0.4, -0.2) is 95.9 Å². The number of carbonyl (C=O) groups is 2. The molecule has 2 heterocycles. The molecule has 0 bridgehead atoms. The zero-order chi connectivity index (χ0) is 24.9. The van der Waals surface area contributed by atoms with Gasteiger partial charge in [-0.15, -0.1) is 0 Å². The average Bonchev–Trinajstić information content (AvgIpc) is 2.83. The van der Waals surface area contributed by atoms with Crippen LogP contribution in [0.2, 0.25) is 5.15 Å². The van der Waals surface area contributed by atoms with E-state index in [1.165, 1.54) is 11.8 Å². The predicted octanol–water partition coefficient (Wildman–Crippen LogP) is 3.09. The van der Waals surface area contributed by atoms with Crippen molar-refractivity contribution in [2.75, 3.05) is 63.0 Å². The summed E-state index contributed by atoms with van der Waals surface area (Å²) in [6.45, 7) is 14.8. The Balaban J connectivity index is 1.79. The summed E-state index contributed by atoms with van der Waals surface area (Å²) in [7, 11) is 0. The fourth-order valence-electron chi connectivity index (χ4n) is 3.77. The average molecular weight is 514 g/mol. The summed E-state index contributed by atoms with van der Waals surface area (Å²) in [5.74, 6) is 0.935. The summed E-state index contributed by atoms with van der Waals surface area (Å²) in [5.41, 5.74) is 0. The maximum atomic E-state index is 12.4. The van der Waals surface area contributed by atoms with Gasteiger partial charge in [-0.1, -0.05) is 44.1 Å². The molecule has 2 rings (SSSR count). The van der Waals surface area contributed by atoms with Crippen LogP contribution in [-0.2, 0) is 4.79 Å². The zero-order valence-electron chi connectivity index (χ0n) is 21.0. The van der Waals surface area contributed by atoms with Crippen LogP contribution in [0.25, 0.3) is 0 Å². The molecule has 1 aromatic rings. The van der Waals surface area contributed by atoms with Gasteiger partial charge in [-0.2, -0.15) is 0 Å². The van der Waals surface area contributed by atoms with Crippen LogP contribution < -0.4 is 15.5 Å². The second kappa shape index (κ2) is 15.3. The smallest absolute Gasteiger partial charge is 0.317 e. The highest BCUT2D eigenvalue weighted by atomic mass is 35.5. The van der Waals surface area contributed by atoms with E-state index in [0.717, 1.165) is 44.7 Å². The normalized spacial score (nSPS) is 14.9. The van der Waals surface area contributed by atoms with E-state index in [-0.39, 0.29) is 23.7 Å². The number of anilines is 1. The Morgan fingerprint density at radius 3 is 2.53 bits per heavy atom. The van der Waals surface area contributed by atoms with Gasteiger partial charge in [0, 0.05) is 44.8 Å². The van der Waals surface area contributed by atoms with Crippen molar-refractivity contribution in [3.8, 4) is 0 Å². The van der Waals surface area contributed by atoms with Crippen LogP contribution in [0, 0.1) is 0 Å². The number of halogens is 1. The van der Waals surface area contributed by atoms with Gasteiger partial charge in [-0.3, -0.25) is 4.79 Å². The van der Waals surface area contributed by atoms with Gasteiger partial charge in [0.25, 0.3) is 0 Å². The largest absolute Gasteiger partial charge is 0.353 e. The quantitative estimate of drug-likeness (QED) is 0.238. The van der Waals surface area contributed by atoms with E-state index < -0.39 is 0 Å². The first-order valence-corrected chi connectivity index (χ1v) is 13.7. The minimum Gasteiger partial charge on any atom is -0.353 e. The van der Waals surface area contributed by atoms with Crippen LogP contribution in [0.3, 0.4) is 0 Å². The highest BCUT2D eigenvalue weighted by Crippen LogP contribution is 2.23. The lowest BCUT2D eigenvalue weighted by molar-refractivity contribution is -0.119. The molecular weight excluding hydrogens is 474 g/mol. The molecule has 0 saturated carbocycles. The summed E-state index contributed by atoms with van der Waals surface area (Å²) in [5, 5.41) is 6.81. The monoisotopic (exact) mass is 513 g/mol. The highest BCUT2D eigenvalue weighted by Gasteiger charge is 2.22. The van der Waals surface area contributed by atoms with Crippen molar-refractivity contribution in [1.29, 1.82) is 0 Å². The SMILES string of the molecule is CCCNC(=O)N1CCN(c2cc(Cl)nc(SCC(=O)NC(C)CCCN(CC)CC)n2)CC1. The third-order valence-electron chi connectivity index (χ3n) is 5.82. The summed E-state index contributed by atoms with van der Waals surface area (Å²) >= 11 is 7.53. The number of carbonyl (C=O) groups excluding carboxylic acids is 2. The summed E-state index contributed by atoms with van der Waals surface area (Å²) in [6, 6.07) is 1.84.